The van der Waals surface area contributed by atoms with Crippen molar-refractivity contribution in [3.05, 3.63) is 71.5 Å². The van der Waals surface area contributed by atoms with Gasteiger partial charge < -0.3 is 10.1 Å². The van der Waals surface area contributed by atoms with Gasteiger partial charge in [-0.05, 0) is 36.5 Å². The smallest absolute Gasteiger partial charge is 0.309 e. The number of amides is 1. The largest absolute Gasteiger partial charge is 0.469 e. The number of carbonyl (C=O) groups excluding carboxylic acids is 2. The normalized spacial score (nSPS) is 12.4. The van der Waals surface area contributed by atoms with Gasteiger partial charge in [-0.1, -0.05) is 59.3 Å². The van der Waals surface area contributed by atoms with E-state index in [0.717, 1.165) is 16.7 Å². The number of carbonyl (C=O) groups is 2. The van der Waals surface area contributed by atoms with E-state index in [1.165, 1.54) is 18.9 Å². The molecule has 3 rings (SSSR count). The first-order valence-electron chi connectivity index (χ1n) is 10.3. The molecule has 2 atom stereocenters. The molecule has 3 aromatic rings. The maximum Gasteiger partial charge on any atom is 0.309 e. The van der Waals surface area contributed by atoms with Crippen LogP contribution in [0.1, 0.15) is 34.5 Å². The second-order valence-electron chi connectivity index (χ2n) is 7.63. The Hall–Kier alpha value is -3.99. The molecule has 1 aromatic heterocycles. The van der Waals surface area contributed by atoms with Crippen LogP contribution in [0, 0.1) is 24.2 Å². The van der Waals surface area contributed by atoms with Gasteiger partial charge in [-0.3, -0.25) is 14.7 Å². The molecule has 164 valence electrons. The summed E-state index contributed by atoms with van der Waals surface area (Å²) >= 11 is 0. The van der Waals surface area contributed by atoms with Crippen LogP contribution in [-0.4, -0.2) is 40.4 Å². The van der Waals surface area contributed by atoms with E-state index < -0.39 is 17.9 Å². The van der Waals surface area contributed by atoms with Gasteiger partial charge in [0.25, 0.3) is 5.91 Å². The first-order valence-corrected chi connectivity index (χ1v) is 10.3. The number of rotatable bonds is 9. The van der Waals surface area contributed by atoms with Crippen molar-refractivity contribution in [1.82, 2.24) is 20.7 Å². The third kappa shape index (κ3) is 6.01. The van der Waals surface area contributed by atoms with Crippen LogP contribution >= 0.6 is 0 Å². The molecule has 0 radical (unpaired) electrons. The van der Waals surface area contributed by atoms with Gasteiger partial charge in [0, 0.05) is 12.5 Å². The number of aromatic nitrogens is 3. The van der Waals surface area contributed by atoms with Crippen molar-refractivity contribution < 1.29 is 14.3 Å². The molecule has 0 saturated carbocycles. The molecule has 2 N–H and O–H groups in total. The number of benzene rings is 2. The van der Waals surface area contributed by atoms with Crippen LogP contribution in [0.4, 0.5) is 0 Å². The molecule has 0 aliphatic carbocycles. The third-order valence-corrected chi connectivity index (χ3v) is 5.22. The Kier molecular flexibility index (Phi) is 7.70. The second-order valence-corrected chi connectivity index (χ2v) is 7.63. The Bertz CT molecular complexity index is 1090. The van der Waals surface area contributed by atoms with Crippen LogP contribution in [-0.2, 0) is 16.0 Å². The summed E-state index contributed by atoms with van der Waals surface area (Å²) in [4.78, 5) is 24.7. The highest BCUT2D eigenvalue weighted by atomic mass is 16.5. The SMILES string of the molecule is COC(=O)[C@@H](CC#N)C[C@@H](Cc1ccc(-c2cccc(C)c2)cc1)NC(=O)c1cnn[nH]1. The molecule has 8 heteroatoms. The Balaban J connectivity index is 1.78. The molecule has 1 amide bonds. The van der Waals surface area contributed by atoms with Crippen molar-refractivity contribution in [2.45, 2.75) is 32.2 Å². The zero-order valence-corrected chi connectivity index (χ0v) is 18.0. The summed E-state index contributed by atoms with van der Waals surface area (Å²) in [5, 5.41) is 21.7. The number of methoxy groups -OCH3 is 1. The van der Waals surface area contributed by atoms with Crippen molar-refractivity contribution in [1.29, 1.82) is 5.26 Å². The molecule has 32 heavy (non-hydrogen) atoms. The van der Waals surface area contributed by atoms with Crippen molar-refractivity contribution in [2.24, 2.45) is 5.92 Å². The fourth-order valence-electron chi connectivity index (χ4n) is 3.59. The summed E-state index contributed by atoms with van der Waals surface area (Å²) in [6.07, 6.45) is 2.10. The number of aromatic amines is 1. The maximum atomic E-state index is 12.6. The van der Waals surface area contributed by atoms with Crippen molar-refractivity contribution in [3.8, 4) is 17.2 Å². The lowest BCUT2D eigenvalue weighted by molar-refractivity contribution is -0.145. The lowest BCUT2D eigenvalue weighted by Crippen LogP contribution is -2.39. The van der Waals surface area contributed by atoms with E-state index in [1.807, 2.05) is 36.4 Å². The molecule has 0 saturated heterocycles. The fourth-order valence-corrected chi connectivity index (χ4v) is 3.59. The van der Waals surface area contributed by atoms with Crippen LogP contribution in [0.25, 0.3) is 11.1 Å². The Labute approximate surface area is 186 Å². The van der Waals surface area contributed by atoms with E-state index in [1.54, 1.807) is 0 Å². The maximum absolute atomic E-state index is 12.6. The Morgan fingerprint density at radius 3 is 2.59 bits per heavy atom. The van der Waals surface area contributed by atoms with E-state index in [0.29, 0.717) is 6.42 Å². The number of esters is 1. The monoisotopic (exact) mass is 431 g/mol. The third-order valence-electron chi connectivity index (χ3n) is 5.22. The van der Waals surface area contributed by atoms with Gasteiger partial charge in [-0.15, -0.1) is 5.10 Å². The molecular weight excluding hydrogens is 406 g/mol. The van der Waals surface area contributed by atoms with E-state index >= 15 is 0 Å². The molecule has 0 aliphatic rings. The van der Waals surface area contributed by atoms with Gasteiger partial charge in [-0.25, -0.2) is 0 Å². The summed E-state index contributed by atoms with van der Waals surface area (Å²) in [5.41, 5.74) is 4.63. The van der Waals surface area contributed by atoms with Crippen molar-refractivity contribution >= 4 is 11.9 Å². The number of hydrogen-bond acceptors (Lipinski definition) is 6. The number of H-pyrrole nitrogens is 1. The average molecular weight is 431 g/mol. The average Bonchev–Trinajstić information content (AvgIpc) is 3.34. The first-order chi connectivity index (χ1) is 15.5. The van der Waals surface area contributed by atoms with E-state index in [9.17, 15) is 9.59 Å². The highest BCUT2D eigenvalue weighted by Gasteiger charge is 2.26. The number of nitriles is 1. The zero-order chi connectivity index (χ0) is 22.9. The second kappa shape index (κ2) is 10.9. The number of ether oxygens (including phenoxy) is 1. The van der Waals surface area contributed by atoms with Gasteiger partial charge >= 0.3 is 5.97 Å². The summed E-state index contributed by atoms with van der Waals surface area (Å²) in [6, 6.07) is 18.0. The summed E-state index contributed by atoms with van der Waals surface area (Å²) in [5.74, 6) is -1.48. The van der Waals surface area contributed by atoms with Crippen LogP contribution in [0.2, 0.25) is 0 Å². The molecular formula is C24H25N5O3. The standard InChI is InChI=1S/C24H25N5O3/c1-16-4-3-5-19(12-16)18-8-6-17(7-9-18)13-21(14-20(10-11-25)24(31)32-2)27-23(30)22-15-26-29-28-22/h3-9,12,15,20-21H,10,13-14H2,1-2H3,(H,27,30)(H,26,28,29)/t20-,21+/m0/s1. The first kappa shape index (κ1) is 22.7. The van der Waals surface area contributed by atoms with Crippen molar-refractivity contribution in [3.63, 3.8) is 0 Å². The number of nitrogens with zero attached hydrogens (tertiary/aromatic N) is 3. The highest BCUT2D eigenvalue weighted by molar-refractivity contribution is 5.92. The lowest BCUT2D eigenvalue weighted by atomic mass is 9.92. The number of hydrogen-bond donors (Lipinski definition) is 2. The van der Waals surface area contributed by atoms with E-state index in [-0.39, 0.29) is 24.4 Å². The van der Waals surface area contributed by atoms with Crippen LogP contribution < -0.4 is 5.32 Å². The lowest BCUT2D eigenvalue weighted by Gasteiger charge is -2.22. The van der Waals surface area contributed by atoms with Crippen molar-refractivity contribution in [2.75, 3.05) is 7.11 Å². The van der Waals surface area contributed by atoms with Gasteiger partial charge in [0.1, 0.15) is 5.69 Å². The highest BCUT2D eigenvalue weighted by Crippen LogP contribution is 2.22. The van der Waals surface area contributed by atoms with E-state index in [2.05, 4.69) is 45.9 Å². The van der Waals surface area contributed by atoms with Gasteiger partial charge in [0.15, 0.2) is 0 Å². The Morgan fingerprint density at radius 2 is 1.97 bits per heavy atom. The minimum Gasteiger partial charge on any atom is -0.469 e. The molecule has 0 unspecified atom stereocenters. The molecule has 0 aliphatic heterocycles. The van der Waals surface area contributed by atoms with Crippen LogP contribution in [0.3, 0.4) is 0 Å². The minimum absolute atomic E-state index is 0.0109. The number of aryl methyl sites for hydroxylation is 1. The molecule has 0 fully saturated rings. The topological polar surface area (TPSA) is 121 Å². The predicted octanol–water partition coefficient (Wildman–Crippen LogP) is 3.21. The van der Waals surface area contributed by atoms with Gasteiger partial charge in [-0.2, -0.15) is 5.26 Å². The number of nitrogens with one attached hydrogen (secondary N) is 2. The fraction of sp³-hybridized carbons (Fsp3) is 0.292. The quantitative estimate of drug-likeness (QED) is 0.502. The van der Waals surface area contributed by atoms with Crippen LogP contribution in [0.5, 0.6) is 0 Å². The minimum atomic E-state index is -0.637. The van der Waals surface area contributed by atoms with Crippen LogP contribution in [0.15, 0.2) is 54.7 Å². The Morgan fingerprint density at radius 1 is 1.19 bits per heavy atom. The molecule has 2 aromatic carbocycles. The zero-order valence-electron chi connectivity index (χ0n) is 18.0. The predicted molar refractivity (Wildman–Crippen MR) is 118 cm³/mol. The summed E-state index contributed by atoms with van der Waals surface area (Å²) in [7, 11) is 1.29. The van der Waals surface area contributed by atoms with E-state index in [4.69, 9.17) is 10.00 Å². The van der Waals surface area contributed by atoms with Gasteiger partial charge in [0.2, 0.25) is 0 Å². The summed E-state index contributed by atoms with van der Waals surface area (Å²) < 4.78 is 4.84. The molecule has 8 nitrogen and oxygen atoms in total. The summed E-state index contributed by atoms with van der Waals surface area (Å²) in [6.45, 7) is 2.05. The molecule has 0 spiro atoms. The molecule has 1 heterocycles. The molecule has 0 bridgehead atoms. The van der Waals surface area contributed by atoms with Gasteiger partial charge in [0.05, 0.1) is 25.3 Å².